The third-order valence-corrected chi connectivity index (χ3v) is 3.76. The Labute approximate surface area is 162 Å². The number of nitrogens with one attached hydrogen (secondary N) is 3. The van der Waals surface area contributed by atoms with Crippen molar-refractivity contribution in [3.05, 3.63) is 59.1 Å². The van der Waals surface area contributed by atoms with Crippen LogP contribution in [0.3, 0.4) is 0 Å². The SMILES string of the molecule is CC(C)C(=O)Nc1ccc(C(=O)NNC(=O)COc2ccccc2Cl)cc1. The van der Waals surface area contributed by atoms with Crippen molar-refractivity contribution < 1.29 is 19.1 Å². The summed E-state index contributed by atoms with van der Waals surface area (Å²) in [4.78, 5) is 35.4. The first kappa shape index (κ1) is 20.3. The fourth-order valence-corrected chi connectivity index (χ4v) is 2.12. The van der Waals surface area contributed by atoms with Crippen molar-refractivity contribution in [2.75, 3.05) is 11.9 Å². The fourth-order valence-electron chi connectivity index (χ4n) is 1.93. The topological polar surface area (TPSA) is 96.5 Å². The van der Waals surface area contributed by atoms with Gasteiger partial charge in [0, 0.05) is 17.2 Å². The Morgan fingerprint density at radius 3 is 2.30 bits per heavy atom. The molecule has 0 fully saturated rings. The Hall–Kier alpha value is -3.06. The van der Waals surface area contributed by atoms with Gasteiger partial charge in [0.1, 0.15) is 5.75 Å². The fraction of sp³-hybridized carbons (Fsp3) is 0.211. The highest BCUT2D eigenvalue weighted by Gasteiger charge is 2.10. The van der Waals surface area contributed by atoms with Gasteiger partial charge < -0.3 is 10.1 Å². The number of ether oxygens (including phenoxy) is 1. The average molecular weight is 390 g/mol. The Morgan fingerprint density at radius 1 is 1.00 bits per heavy atom. The predicted octanol–water partition coefficient (Wildman–Crippen LogP) is 2.77. The molecule has 0 saturated carbocycles. The summed E-state index contributed by atoms with van der Waals surface area (Å²) in [5.74, 6) is -0.916. The van der Waals surface area contributed by atoms with Gasteiger partial charge >= 0.3 is 0 Å². The molecule has 0 aliphatic heterocycles. The van der Waals surface area contributed by atoms with Gasteiger partial charge in [-0.05, 0) is 36.4 Å². The molecule has 0 spiro atoms. The molecule has 3 amide bonds. The molecule has 3 N–H and O–H groups in total. The maximum atomic E-state index is 12.0. The molecule has 0 radical (unpaired) electrons. The highest BCUT2D eigenvalue weighted by Crippen LogP contribution is 2.22. The van der Waals surface area contributed by atoms with E-state index in [2.05, 4.69) is 16.2 Å². The largest absolute Gasteiger partial charge is 0.482 e. The third-order valence-electron chi connectivity index (χ3n) is 3.45. The Kier molecular flexibility index (Phi) is 7.19. The molecule has 0 unspecified atom stereocenters. The van der Waals surface area contributed by atoms with Gasteiger partial charge in [0.25, 0.3) is 11.8 Å². The summed E-state index contributed by atoms with van der Waals surface area (Å²) in [5.41, 5.74) is 5.45. The second-order valence-corrected chi connectivity index (χ2v) is 6.35. The van der Waals surface area contributed by atoms with Gasteiger partial charge in [0.2, 0.25) is 5.91 Å². The summed E-state index contributed by atoms with van der Waals surface area (Å²) in [5, 5.41) is 3.11. The van der Waals surface area contributed by atoms with E-state index in [1.165, 1.54) is 12.1 Å². The van der Waals surface area contributed by atoms with E-state index in [9.17, 15) is 14.4 Å². The molecule has 8 heteroatoms. The number of benzene rings is 2. The highest BCUT2D eigenvalue weighted by molar-refractivity contribution is 6.32. The number of hydrogen-bond donors (Lipinski definition) is 3. The number of halogens is 1. The monoisotopic (exact) mass is 389 g/mol. The van der Waals surface area contributed by atoms with Crippen molar-refractivity contribution in [1.29, 1.82) is 0 Å². The summed E-state index contributed by atoms with van der Waals surface area (Å²) >= 11 is 5.92. The van der Waals surface area contributed by atoms with Gasteiger partial charge in [-0.15, -0.1) is 0 Å². The van der Waals surface area contributed by atoms with Crippen LogP contribution >= 0.6 is 11.6 Å². The van der Waals surface area contributed by atoms with Crippen molar-refractivity contribution in [3.63, 3.8) is 0 Å². The lowest BCUT2D eigenvalue weighted by Gasteiger charge is -2.10. The zero-order valence-electron chi connectivity index (χ0n) is 14.9. The smallest absolute Gasteiger partial charge is 0.276 e. The number of hydrazine groups is 1. The molecule has 2 aromatic rings. The van der Waals surface area contributed by atoms with Gasteiger partial charge in [-0.1, -0.05) is 37.6 Å². The second kappa shape index (κ2) is 9.59. The first-order chi connectivity index (χ1) is 12.9. The second-order valence-electron chi connectivity index (χ2n) is 5.94. The Balaban J connectivity index is 1.80. The summed E-state index contributed by atoms with van der Waals surface area (Å²) in [6.07, 6.45) is 0. The molecule has 0 heterocycles. The predicted molar refractivity (Wildman–Crippen MR) is 102 cm³/mol. The van der Waals surface area contributed by atoms with Crippen LogP contribution in [0.25, 0.3) is 0 Å². The number of para-hydroxylation sites is 1. The molecule has 0 aliphatic carbocycles. The normalized spacial score (nSPS) is 10.2. The summed E-state index contributed by atoms with van der Waals surface area (Å²) in [7, 11) is 0. The molecule has 2 rings (SSSR count). The quantitative estimate of drug-likeness (QED) is 0.662. The molecule has 0 aromatic heterocycles. The van der Waals surface area contributed by atoms with Crippen LogP contribution in [0.2, 0.25) is 5.02 Å². The zero-order valence-corrected chi connectivity index (χ0v) is 15.7. The zero-order chi connectivity index (χ0) is 19.8. The number of amides is 3. The minimum Gasteiger partial charge on any atom is -0.482 e. The van der Waals surface area contributed by atoms with Crippen LogP contribution in [0, 0.1) is 5.92 Å². The van der Waals surface area contributed by atoms with Crippen LogP contribution in [0.5, 0.6) is 5.75 Å². The van der Waals surface area contributed by atoms with Crippen LogP contribution in [0.15, 0.2) is 48.5 Å². The summed E-state index contributed by atoms with van der Waals surface area (Å²) < 4.78 is 5.27. The van der Waals surface area contributed by atoms with E-state index < -0.39 is 11.8 Å². The number of carbonyl (C=O) groups is 3. The average Bonchev–Trinajstić information content (AvgIpc) is 2.66. The first-order valence-corrected chi connectivity index (χ1v) is 8.62. The van der Waals surface area contributed by atoms with Crippen molar-refractivity contribution in [1.82, 2.24) is 10.9 Å². The molecule has 0 aliphatic rings. The first-order valence-electron chi connectivity index (χ1n) is 8.24. The molecule has 0 atom stereocenters. The van der Waals surface area contributed by atoms with Gasteiger partial charge in [0.05, 0.1) is 5.02 Å². The number of anilines is 1. The van der Waals surface area contributed by atoms with Crippen molar-refractivity contribution in [3.8, 4) is 5.75 Å². The molecular weight excluding hydrogens is 370 g/mol. The van der Waals surface area contributed by atoms with Crippen LogP contribution in [0.4, 0.5) is 5.69 Å². The number of rotatable bonds is 6. The van der Waals surface area contributed by atoms with Crippen molar-refractivity contribution >= 4 is 35.0 Å². The van der Waals surface area contributed by atoms with E-state index in [-0.39, 0.29) is 18.4 Å². The maximum Gasteiger partial charge on any atom is 0.276 e. The highest BCUT2D eigenvalue weighted by atomic mass is 35.5. The van der Waals surface area contributed by atoms with E-state index in [4.69, 9.17) is 16.3 Å². The maximum absolute atomic E-state index is 12.0. The summed E-state index contributed by atoms with van der Waals surface area (Å²) in [6, 6.07) is 13.0. The molecule has 0 bridgehead atoms. The van der Waals surface area contributed by atoms with Gasteiger partial charge in [-0.3, -0.25) is 25.2 Å². The van der Waals surface area contributed by atoms with E-state index in [1.807, 2.05) is 0 Å². The lowest BCUT2D eigenvalue weighted by atomic mass is 10.1. The molecule has 27 heavy (non-hydrogen) atoms. The van der Waals surface area contributed by atoms with Gasteiger partial charge in [0.15, 0.2) is 6.61 Å². The van der Waals surface area contributed by atoms with Crippen LogP contribution in [-0.2, 0) is 9.59 Å². The van der Waals surface area contributed by atoms with E-state index in [1.54, 1.807) is 50.2 Å². The lowest BCUT2D eigenvalue weighted by molar-refractivity contribution is -0.123. The number of carbonyl (C=O) groups excluding carboxylic acids is 3. The minimum absolute atomic E-state index is 0.113. The number of hydrogen-bond acceptors (Lipinski definition) is 4. The van der Waals surface area contributed by atoms with Crippen LogP contribution < -0.4 is 20.9 Å². The van der Waals surface area contributed by atoms with E-state index >= 15 is 0 Å². The van der Waals surface area contributed by atoms with Crippen molar-refractivity contribution in [2.45, 2.75) is 13.8 Å². The van der Waals surface area contributed by atoms with E-state index in [0.717, 1.165) is 0 Å². The molecule has 0 saturated heterocycles. The van der Waals surface area contributed by atoms with Crippen LogP contribution in [-0.4, -0.2) is 24.3 Å². The molecule has 7 nitrogen and oxygen atoms in total. The Morgan fingerprint density at radius 2 is 1.67 bits per heavy atom. The molecule has 142 valence electrons. The Bertz CT molecular complexity index is 822. The minimum atomic E-state index is -0.538. The van der Waals surface area contributed by atoms with Crippen LogP contribution in [0.1, 0.15) is 24.2 Å². The van der Waals surface area contributed by atoms with Gasteiger partial charge in [-0.2, -0.15) is 0 Å². The van der Waals surface area contributed by atoms with E-state index in [0.29, 0.717) is 22.0 Å². The standard InChI is InChI=1S/C19H20ClN3O4/c1-12(2)18(25)21-14-9-7-13(8-10-14)19(26)23-22-17(24)11-27-16-6-4-3-5-15(16)20/h3-10,12H,11H2,1-2H3,(H,21,25)(H,22,24)(H,23,26). The molecular formula is C19H20ClN3O4. The third kappa shape index (κ3) is 6.31. The summed E-state index contributed by atoms with van der Waals surface area (Å²) in [6.45, 7) is 3.27. The van der Waals surface area contributed by atoms with Crippen molar-refractivity contribution in [2.24, 2.45) is 5.92 Å². The lowest BCUT2D eigenvalue weighted by Crippen LogP contribution is -2.43. The van der Waals surface area contributed by atoms with Gasteiger partial charge in [-0.25, -0.2) is 0 Å². The molecule has 2 aromatic carbocycles.